The van der Waals surface area contributed by atoms with Gasteiger partial charge in [0.25, 0.3) is 0 Å². The molecule has 0 aliphatic heterocycles. The third-order valence-electron chi connectivity index (χ3n) is 13.3. The molecule has 3 atom stereocenters. The Balaban J connectivity index is 0. The number of aliphatic hydroxyl groups is 3. The van der Waals surface area contributed by atoms with Crippen LogP contribution in [0, 0.1) is 5.92 Å². The molecule has 0 radical (unpaired) electrons. The number of benzene rings is 2. The highest BCUT2D eigenvalue weighted by Crippen LogP contribution is 2.26. The zero-order valence-electron chi connectivity index (χ0n) is 55.6. The topological polar surface area (TPSA) is 155 Å². The van der Waals surface area contributed by atoms with Gasteiger partial charge in [-0.1, -0.05) is 178 Å². The van der Waals surface area contributed by atoms with Crippen molar-refractivity contribution in [3.05, 3.63) is 201 Å². The number of carbonyl (C=O) groups excluding carboxylic acids is 1. The summed E-state index contributed by atoms with van der Waals surface area (Å²) in [7, 11) is -6.98. The van der Waals surface area contributed by atoms with Gasteiger partial charge in [0.2, 0.25) is 0 Å². The van der Waals surface area contributed by atoms with E-state index in [1.807, 2.05) is 58.1 Å². The fraction of sp³-hybridized carbons (Fsp3) is 0.500. The highest BCUT2D eigenvalue weighted by Gasteiger charge is 2.27. The van der Waals surface area contributed by atoms with Gasteiger partial charge >= 0.3 is 5.97 Å². The Labute approximate surface area is 519 Å². The lowest BCUT2D eigenvalue weighted by Gasteiger charge is -2.16. The van der Waals surface area contributed by atoms with E-state index in [4.69, 9.17) is 20.1 Å². The normalized spacial score (nSPS) is 13.8. The molecule has 2 aromatic rings. The molecule has 2 aromatic carbocycles. The summed E-state index contributed by atoms with van der Waals surface area (Å²) in [6, 6.07) is 17.1. The maximum Gasteiger partial charge on any atom is 0.302 e. The molecule has 0 saturated heterocycles. The van der Waals surface area contributed by atoms with Crippen molar-refractivity contribution in [3.8, 4) is 0 Å². The molecule has 3 N–H and O–H groups in total. The summed E-state index contributed by atoms with van der Waals surface area (Å²) in [6.07, 6.45) is 38.6. The van der Waals surface area contributed by atoms with Gasteiger partial charge in [0, 0.05) is 6.92 Å². The third kappa shape index (κ3) is 44.7. The Morgan fingerprint density at radius 3 is 1.16 bits per heavy atom. The summed E-state index contributed by atoms with van der Waals surface area (Å²) in [6.45, 7) is 34.8. The first kappa shape index (κ1) is 81.6. The quantitative estimate of drug-likeness (QED) is 0.0468. The fourth-order valence-corrected chi connectivity index (χ4v) is 11.8. The Morgan fingerprint density at radius 1 is 0.435 bits per heavy atom. The number of hydrogen-bond donors (Lipinski definition) is 3. The van der Waals surface area contributed by atoms with Gasteiger partial charge in [-0.2, -0.15) is 0 Å². The summed E-state index contributed by atoms with van der Waals surface area (Å²) >= 11 is 0. The van der Waals surface area contributed by atoms with E-state index in [1.54, 1.807) is 66.7 Å². The molecule has 0 aliphatic rings. The molecule has 85 heavy (non-hydrogen) atoms. The van der Waals surface area contributed by atoms with E-state index in [0.29, 0.717) is 28.6 Å². The maximum atomic E-state index is 13.2. The van der Waals surface area contributed by atoms with E-state index in [0.717, 1.165) is 80.1 Å². The molecule has 476 valence electrons. The standard InChI is InChI=1S/C23H32O4S.C21H30O3S.2C15H26O/c1-18(2)10-9-11-19(3)16-23(17-20(4)14-15-27-21(5)24)28(25,26)22-12-7-6-8-13-22;1-17(2)9-8-10-18(3)15-21(16-19(4)13-14-22)25(23,24)20-11-6-5-7-12-20;2*1-13(2)7-5-8-14(3)9-6-10-15(4)11-12-16/h6-8,10,12-14,16,23H,9,11,15,17H2,1-5H3;5-7,9,11-13,15,21-22H,8,10,14,16H2,1-4H3;7,9,11,16H,5-6,8,10,12H2,1-4H3;6-7,9,11,14,16H,5,8,10,12H2,1-4H3/b19-16+,20-14+;18-15+,19-13+;14-9+,15-11+;9-6+,15-11+. The third-order valence-corrected chi connectivity index (χ3v) is 17.4. The molecule has 9 nitrogen and oxygen atoms in total. The summed E-state index contributed by atoms with van der Waals surface area (Å²) in [5, 5.41) is 25.2. The number of allylic oxidation sites excluding steroid dienone is 18. The molecule has 0 bridgehead atoms. The SMILES string of the molecule is CC(=O)OC/C=C(\C)CC(/C=C(\C)CCC=C(C)C)S(=O)(=O)c1ccccc1.CC(C)=CCC/C(C)=C/C(C/C(C)=C/CO)S(=O)(=O)c1ccccc1.CC(C)=CCC/C(C)=C/CC/C(C)=C/CO.CC(C)=CCCC(C)/C=C/C/C(C)=C/CO. The minimum atomic E-state index is -3.51. The minimum absolute atomic E-state index is 0.0762. The van der Waals surface area contributed by atoms with Gasteiger partial charge in [-0.05, 0) is 224 Å². The summed E-state index contributed by atoms with van der Waals surface area (Å²) < 4.78 is 57.4. The van der Waals surface area contributed by atoms with Crippen molar-refractivity contribution in [2.24, 2.45) is 5.92 Å². The van der Waals surface area contributed by atoms with Gasteiger partial charge in [0.15, 0.2) is 19.7 Å². The average molecular weight is 1210 g/mol. The van der Waals surface area contributed by atoms with Crippen molar-refractivity contribution >= 4 is 25.6 Å². The number of rotatable bonds is 33. The van der Waals surface area contributed by atoms with Crippen LogP contribution in [0.5, 0.6) is 0 Å². The molecule has 0 fully saturated rings. The molecular formula is C74H114O9S2. The molecule has 0 spiro atoms. The van der Waals surface area contributed by atoms with Crippen LogP contribution in [0.2, 0.25) is 0 Å². The van der Waals surface area contributed by atoms with Crippen molar-refractivity contribution < 1.29 is 41.7 Å². The van der Waals surface area contributed by atoms with Crippen molar-refractivity contribution in [3.63, 3.8) is 0 Å². The van der Waals surface area contributed by atoms with Gasteiger partial charge in [0.05, 0.1) is 40.1 Å². The zero-order chi connectivity index (χ0) is 64.8. The smallest absolute Gasteiger partial charge is 0.302 e. The molecule has 2 rings (SSSR count). The number of esters is 1. The van der Waals surface area contributed by atoms with E-state index in [1.165, 1.54) is 58.8 Å². The van der Waals surface area contributed by atoms with Crippen LogP contribution >= 0.6 is 0 Å². The van der Waals surface area contributed by atoms with E-state index < -0.39 is 30.2 Å². The van der Waals surface area contributed by atoms with Crippen LogP contribution in [0.25, 0.3) is 0 Å². The van der Waals surface area contributed by atoms with Crippen molar-refractivity contribution in [2.75, 3.05) is 26.4 Å². The molecule has 0 saturated carbocycles. The van der Waals surface area contributed by atoms with Crippen LogP contribution in [-0.2, 0) is 29.2 Å². The lowest BCUT2D eigenvalue weighted by molar-refractivity contribution is -0.139. The maximum absolute atomic E-state index is 13.2. The first-order chi connectivity index (χ1) is 40.0. The Morgan fingerprint density at radius 2 is 0.776 bits per heavy atom. The molecule has 3 unspecified atom stereocenters. The predicted octanol–water partition coefficient (Wildman–Crippen LogP) is 18.9. The van der Waals surface area contributed by atoms with Gasteiger partial charge in [-0.25, -0.2) is 16.8 Å². The molecule has 0 aromatic heterocycles. The first-order valence-corrected chi connectivity index (χ1v) is 33.5. The summed E-state index contributed by atoms with van der Waals surface area (Å²) in [5.74, 6) is 0.282. The number of ether oxygens (including phenoxy) is 1. The Bertz CT molecular complexity index is 2800. The van der Waals surface area contributed by atoms with E-state index in [-0.39, 0.29) is 32.4 Å². The van der Waals surface area contributed by atoms with Crippen LogP contribution in [0.4, 0.5) is 0 Å². The summed E-state index contributed by atoms with van der Waals surface area (Å²) in [5.41, 5.74) is 13.2. The number of carbonyl (C=O) groups is 1. The molecule has 0 heterocycles. The van der Waals surface area contributed by atoms with Crippen LogP contribution < -0.4 is 0 Å². The minimum Gasteiger partial charge on any atom is -0.462 e. The van der Waals surface area contributed by atoms with E-state index >= 15 is 0 Å². The largest absolute Gasteiger partial charge is 0.462 e. The monoisotopic (exact) mass is 1210 g/mol. The average Bonchev–Trinajstić information content (AvgIpc) is 2.69. The second-order valence-electron chi connectivity index (χ2n) is 23.3. The highest BCUT2D eigenvalue weighted by molar-refractivity contribution is 7.92. The number of hydrogen-bond acceptors (Lipinski definition) is 9. The Kier molecular flexibility index (Phi) is 46.7. The first-order valence-electron chi connectivity index (χ1n) is 30.4. The second-order valence-corrected chi connectivity index (χ2v) is 27.6. The van der Waals surface area contributed by atoms with Crippen molar-refractivity contribution in [1.29, 1.82) is 0 Å². The van der Waals surface area contributed by atoms with Crippen molar-refractivity contribution in [1.82, 2.24) is 0 Å². The van der Waals surface area contributed by atoms with Crippen molar-refractivity contribution in [2.45, 2.75) is 221 Å². The molecular weight excluding hydrogens is 1100 g/mol. The lowest BCUT2D eigenvalue weighted by Crippen LogP contribution is -2.20. The van der Waals surface area contributed by atoms with E-state index in [9.17, 15) is 21.6 Å². The van der Waals surface area contributed by atoms with Crippen LogP contribution in [0.1, 0.15) is 201 Å². The zero-order valence-corrected chi connectivity index (χ0v) is 57.3. The summed E-state index contributed by atoms with van der Waals surface area (Å²) in [4.78, 5) is 11.6. The van der Waals surface area contributed by atoms with Gasteiger partial charge in [0.1, 0.15) is 6.61 Å². The number of aliphatic hydroxyl groups excluding tert-OH is 3. The molecule has 11 heteroatoms. The Hall–Kier alpha value is -5.43. The predicted molar refractivity (Wildman–Crippen MR) is 365 cm³/mol. The molecule has 0 aliphatic carbocycles. The van der Waals surface area contributed by atoms with Gasteiger partial charge in [-0.3, -0.25) is 4.79 Å². The van der Waals surface area contributed by atoms with Crippen LogP contribution in [0.15, 0.2) is 211 Å². The fourth-order valence-electron chi connectivity index (χ4n) is 8.27. The highest BCUT2D eigenvalue weighted by atomic mass is 32.2. The van der Waals surface area contributed by atoms with Gasteiger partial charge < -0.3 is 20.1 Å². The van der Waals surface area contributed by atoms with Crippen LogP contribution in [0.3, 0.4) is 0 Å². The molecule has 0 amide bonds. The van der Waals surface area contributed by atoms with Crippen LogP contribution in [-0.4, -0.2) is 75.1 Å². The van der Waals surface area contributed by atoms with E-state index in [2.05, 4.69) is 126 Å². The second kappa shape index (κ2) is 48.7. The lowest BCUT2D eigenvalue weighted by atomic mass is 10.0. The number of sulfone groups is 2. The van der Waals surface area contributed by atoms with Gasteiger partial charge in [-0.15, -0.1) is 0 Å².